The first-order valence-electron chi connectivity index (χ1n) is 8.42. The molecule has 3 heterocycles. The fraction of sp³-hybridized carbons (Fsp3) is 0.167. The monoisotopic (exact) mass is 439 g/mol. The van der Waals surface area contributed by atoms with Crippen molar-refractivity contribution in [1.82, 2.24) is 19.5 Å². The van der Waals surface area contributed by atoms with Crippen LogP contribution in [0.4, 0.5) is 23.4 Å². The largest absolute Gasteiger partial charge is 0.471 e. The van der Waals surface area contributed by atoms with Gasteiger partial charge in [0.15, 0.2) is 5.82 Å². The van der Waals surface area contributed by atoms with Gasteiger partial charge in [0.05, 0.1) is 15.4 Å². The summed E-state index contributed by atoms with van der Waals surface area (Å²) in [5, 5.41) is 3.35. The molecule has 0 radical (unpaired) electrons. The molecule has 0 amide bonds. The van der Waals surface area contributed by atoms with E-state index in [1.807, 2.05) is 0 Å². The summed E-state index contributed by atoms with van der Waals surface area (Å²) in [6.07, 6.45) is -1.81. The molecule has 0 spiro atoms. The molecular formula is C18H13F4N5O2S. The van der Waals surface area contributed by atoms with Crippen molar-refractivity contribution in [1.29, 1.82) is 0 Å². The van der Waals surface area contributed by atoms with E-state index in [1.54, 1.807) is 6.92 Å². The number of aryl methyl sites for hydroxylation is 1. The van der Waals surface area contributed by atoms with Crippen LogP contribution < -0.4 is 0 Å². The number of hydrogen-bond donors (Lipinski definition) is 0. The highest BCUT2D eigenvalue weighted by Crippen LogP contribution is 2.31. The van der Waals surface area contributed by atoms with Gasteiger partial charge in [-0.1, -0.05) is 5.16 Å². The van der Waals surface area contributed by atoms with Crippen LogP contribution >= 0.6 is 0 Å². The predicted octanol–water partition coefficient (Wildman–Crippen LogP) is 4.64. The maximum atomic E-state index is 13.2. The molecule has 0 aliphatic heterocycles. The van der Waals surface area contributed by atoms with E-state index in [9.17, 15) is 21.8 Å². The fourth-order valence-electron chi connectivity index (χ4n) is 2.76. The van der Waals surface area contributed by atoms with Gasteiger partial charge in [-0.2, -0.15) is 22.5 Å². The second-order valence-electron chi connectivity index (χ2n) is 6.43. The Morgan fingerprint density at radius 2 is 1.83 bits per heavy atom. The van der Waals surface area contributed by atoms with E-state index in [0.29, 0.717) is 22.1 Å². The second-order valence-corrected chi connectivity index (χ2v) is 8.69. The predicted molar refractivity (Wildman–Crippen MR) is 99.0 cm³/mol. The van der Waals surface area contributed by atoms with Crippen LogP contribution in [0.5, 0.6) is 0 Å². The molecule has 0 bridgehead atoms. The molecule has 1 aromatic carbocycles. The summed E-state index contributed by atoms with van der Waals surface area (Å²) in [6, 6.07) is 8.11. The van der Waals surface area contributed by atoms with E-state index >= 15 is 0 Å². The molecule has 156 valence electrons. The summed E-state index contributed by atoms with van der Waals surface area (Å²) in [5.74, 6) is -1.84. The maximum absolute atomic E-state index is 13.2. The summed E-state index contributed by atoms with van der Waals surface area (Å²) in [6.45, 7) is 1.65. The summed E-state index contributed by atoms with van der Waals surface area (Å²) in [5.41, 5.74) is 1.05. The summed E-state index contributed by atoms with van der Waals surface area (Å²) in [4.78, 5) is 8.02. The SMILES string of the molecule is Cc1nc2cc(-c3noc(C(F)(F)F)n3)ccn2c1N=S(C)(=O)c1ccc(F)cc1. The van der Waals surface area contributed by atoms with Gasteiger partial charge in [0.2, 0.25) is 5.82 Å². The Kier molecular flexibility index (Phi) is 4.60. The van der Waals surface area contributed by atoms with Gasteiger partial charge in [-0.05, 0) is 43.3 Å². The Hall–Kier alpha value is -3.28. The molecule has 0 fully saturated rings. The van der Waals surface area contributed by atoms with E-state index in [1.165, 1.54) is 53.3 Å². The number of rotatable bonds is 3. The van der Waals surface area contributed by atoms with Crippen LogP contribution in [-0.2, 0) is 15.9 Å². The van der Waals surface area contributed by atoms with Gasteiger partial charge in [-0.25, -0.2) is 13.6 Å². The van der Waals surface area contributed by atoms with Crippen molar-refractivity contribution in [2.75, 3.05) is 6.26 Å². The molecule has 0 aliphatic carbocycles. The van der Waals surface area contributed by atoms with Crippen LogP contribution in [-0.4, -0.2) is 30.0 Å². The van der Waals surface area contributed by atoms with Crippen molar-refractivity contribution in [2.24, 2.45) is 4.36 Å². The van der Waals surface area contributed by atoms with Gasteiger partial charge in [-0.15, -0.1) is 0 Å². The van der Waals surface area contributed by atoms with Gasteiger partial charge in [0.1, 0.15) is 11.5 Å². The lowest BCUT2D eigenvalue weighted by atomic mass is 10.2. The smallest absolute Gasteiger partial charge is 0.329 e. The minimum Gasteiger partial charge on any atom is -0.329 e. The van der Waals surface area contributed by atoms with E-state index < -0.39 is 27.6 Å². The molecular weight excluding hydrogens is 426 g/mol. The van der Waals surface area contributed by atoms with Crippen molar-refractivity contribution in [2.45, 2.75) is 18.0 Å². The Bertz CT molecular complexity index is 1370. The third-order valence-electron chi connectivity index (χ3n) is 4.21. The van der Waals surface area contributed by atoms with Crippen molar-refractivity contribution < 1.29 is 26.3 Å². The Morgan fingerprint density at radius 3 is 2.47 bits per heavy atom. The summed E-state index contributed by atoms with van der Waals surface area (Å²) < 4.78 is 74.4. The molecule has 1 unspecified atom stereocenters. The van der Waals surface area contributed by atoms with Gasteiger partial charge >= 0.3 is 12.1 Å². The number of hydrogen-bond acceptors (Lipinski definition) is 6. The first-order valence-corrected chi connectivity index (χ1v) is 10.3. The average molecular weight is 439 g/mol. The van der Waals surface area contributed by atoms with Crippen LogP contribution in [0.1, 0.15) is 11.6 Å². The highest BCUT2D eigenvalue weighted by molar-refractivity contribution is 7.93. The minimum absolute atomic E-state index is 0.241. The molecule has 0 saturated carbocycles. The van der Waals surface area contributed by atoms with Crippen molar-refractivity contribution in [3.05, 3.63) is 60.0 Å². The summed E-state index contributed by atoms with van der Waals surface area (Å²) in [7, 11) is -2.91. The molecule has 0 saturated heterocycles. The molecule has 4 aromatic rings. The Labute approximate surface area is 167 Å². The van der Waals surface area contributed by atoms with E-state index in [4.69, 9.17) is 0 Å². The van der Waals surface area contributed by atoms with Crippen molar-refractivity contribution >= 4 is 21.2 Å². The number of nitrogens with zero attached hydrogens (tertiary/aromatic N) is 5. The fourth-order valence-corrected chi connectivity index (χ4v) is 4.06. The van der Waals surface area contributed by atoms with Crippen LogP contribution in [0, 0.1) is 12.7 Å². The molecule has 0 N–H and O–H groups in total. The van der Waals surface area contributed by atoms with Gasteiger partial charge < -0.3 is 4.52 Å². The van der Waals surface area contributed by atoms with Gasteiger partial charge in [0, 0.05) is 22.9 Å². The van der Waals surface area contributed by atoms with Crippen molar-refractivity contribution in [3.63, 3.8) is 0 Å². The van der Waals surface area contributed by atoms with Gasteiger partial charge in [0.25, 0.3) is 0 Å². The normalized spacial score (nSPS) is 14.1. The average Bonchev–Trinajstić information content (AvgIpc) is 3.27. The lowest BCUT2D eigenvalue weighted by Gasteiger charge is -2.05. The number of alkyl halides is 3. The lowest BCUT2D eigenvalue weighted by molar-refractivity contribution is -0.159. The van der Waals surface area contributed by atoms with Crippen LogP contribution in [0.3, 0.4) is 0 Å². The number of aromatic nitrogens is 4. The first-order chi connectivity index (χ1) is 14.0. The number of halogens is 4. The molecule has 0 aliphatic rings. The van der Waals surface area contributed by atoms with Crippen LogP contribution in [0.25, 0.3) is 17.0 Å². The summed E-state index contributed by atoms with van der Waals surface area (Å²) >= 11 is 0. The molecule has 4 rings (SSSR count). The minimum atomic E-state index is -4.74. The highest BCUT2D eigenvalue weighted by atomic mass is 32.2. The number of benzene rings is 1. The van der Waals surface area contributed by atoms with E-state index in [2.05, 4.69) is 24.0 Å². The van der Waals surface area contributed by atoms with Crippen LogP contribution in [0.2, 0.25) is 0 Å². The molecule has 3 aromatic heterocycles. The third kappa shape index (κ3) is 3.65. The van der Waals surface area contributed by atoms with Gasteiger partial charge in [-0.3, -0.25) is 4.40 Å². The maximum Gasteiger partial charge on any atom is 0.471 e. The van der Waals surface area contributed by atoms with E-state index in [-0.39, 0.29) is 11.4 Å². The second kappa shape index (κ2) is 6.90. The number of pyridine rings is 1. The standard InChI is InChI=1S/C18H13F4N5O2S/c1-10-16(26-30(2,28)13-5-3-12(19)4-6-13)27-8-7-11(9-14(27)23-10)15-24-17(29-25-15)18(20,21)22/h3-9H,1-2H3. The highest BCUT2D eigenvalue weighted by Gasteiger charge is 2.38. The first kappa shape index (κ1) is 20.0. The zero-order valence-electron chi connectivity index (χ0n) is 15.5. The molecule has 1 atom stereocenters. The topological polar surface area (TPSA) is 85.7 Å². The molecule has 7 nitrogen and oxygen atoms in total. The quantitative estimate of drug-likeness (QED) is 0.434. The number of imidazole rings is 1. The molecule has 12 heteroatoms. The zero-order chi connectivity index (χ0) is 21.7. The Morgan fingerprint density at radius 1 is 1.13 bits per heavy atom. The zero-order valence-corrected chi connectivity index (χ0v) is 16.3. The van der Waals surface area contributed by atoms with Crippen molar-refractivity contribution in [3.8, 4) is 11.4 Å². The van der Waals surface area contributed by atoms with Crippen LogP contribution in [0.15, 0.2) is 56.4 Å². The third-order valence-corrected chi connectivity index (χ3v) is 5.88. The number of fused-ring (bicyclic) bond motifs is 1. The Balaban J connectivity index is 1.78. The lowest BCUT2D eigenvalue weighted by Crippen LogP contribution is -2.04. The van der Waals surface area contributed by atoms with E-state index in [0.717, 1.165) is 0 Å². The molecule has 30 heavy (non-hydrogen) atoms.